The molecule has 2 aromatic rings. The van der Waals surface area contributed by atoms with Gasteiger partial charge >= 0.3 is 0 Å². The summed E-state index contributed by atoms with van der Waals surface area (Å²) in [6.07, 6.45) is 1.39. The van der Waals surface area contributed by atoms with Gasteiger partial charge in [0, 0.05) is 30.4 Å². The number of carbonyl (C=O) groups excluding carboxylic acids is 1. The molecule has 0 atom stereocenters. The molecule has 1 aliphatic rings. The average Bonchev–Trinajstić information content (AvgIpc) is 3.06. The Balaban J connectivity index is 1.86. The van der Waals surface area contributed by atoms with Crippen LogP contribution >= 0.6 is 0 Å². The van der Waals surface area contributed by atoms with E-state index < -0.39 is 10.0 Å². The minimum atomic E-state index is -3.80. The van der Waals surface area contributed by atoms with E-state index in [0.717, 1.165) is 17.7 Å². The number of amides is 1. The lowest BCUT2D eigenvalue weighted by atomic mass is 10.1. The fourth-order valence-electron chi connectivity index (χ4n) is 3.12. The highest BCUT2D eigenvalue weighted by Gasteiger charge is 2.23. The van der Waals surface area contributed by atoms with Gasteiger partial charge in [0.1, 0.15) is 0 Å². The molecule has 1 aliphatic heterocycles. The van der Waals surface area contributed by atoms with Crippen molar-refractivity contribution in [1.82, 2.24) is 0 Å². The van der Waals surface area contributed by atoms with Gasteiger partial charge < -0.3 is 14.4 Å². The summed E-state index contributed by atoms with van der Waals surface area (Å²) in [6, 6.07) is 9.55. The molecule has 7 nitrogen and oxygen atoms in total. The van der Waals surface area contributed by atoms with E-state index in [4.69, 9.17) is 9.47 Å². The number of sulfonamides is 1. The molecule has 0 spiro atoms. The Morgan fingerprint density at radius 3 is 2.37 bits per heavy atom. The number of methoxy groups -OCH3 is 2. The molecule has 2 aromatic carbocycles. The number of hydrogen-bond acceptors (Lipinski definition) is 5. The van der Waals surface area contributed by atoms with Gasteiger partial charge in [0.2, 0.25) is 5.91 Å². The summed E-state index contributed by atoms with van der Waals surface area (Å²) >= 11 is 0. The zero-order valence-electron chi connectivity index (χ0n) is 15.5. The van der Waals surface area contributed by atoms with Crippen LogP contribution < -0.4 is 19.1 Å². The van der Waals surface area contributed by atoms with E-state index in [2.05, 4.69) is 4.72 Å². The first-order valence-electron chi connectivity index (χ1n) is 8.51. The first-order valence-corrected chi connectivity index (χ1v) is 10.00. The maximum absolute atomic E-state index is 12.7. The van der Waals surface area contributed by atoms with E-state index >= 15 is 0 Å². The van der Waals surface area contributed by atoms with E-state index in [0.29, 0.717) is 30.2 Å². The van der Waals surface area contributed by atoms with Crippen LogP contribution in [-0.4, -0.2) is 35.1 Å². The van der Waals surface area contributed by atoms with Crippen LogP contribution in [0, 0.1) is 6.92 Å². The number of hydrogen-bond donors (Lipinski definition) is 1. The van der Waals surface area contributed by atoms with Gasteiger partial charge in [-0.3, -0.25) is 9.52 Å². The van der Waals surface area contributed by atoms with Crippen molar-refractivity contribution < 1.29 is 22.7 Å². The molecule has 144 valence electrons. The third-order valence-corrected chi connectivity index (χ3v) is 5.86. The minimum Gasteiger partial charge on any atom is -0.493 e. The van der Waals surface area contributed by atoms with Crippen molar-refractivity contribution in [1.29, 1.82) is 0 Å². The average molecular weight is 390 g/mol. The van der Waals surface area contributed by atoms with Crippen LogP contribution in [0.15, 0.2) is 41.3 Å². The van der Waals surface area contributed by atoms with Gasteiger partial charge in [-0.15, -0.1) is 0 Å². The first kappa shape index (κ1) is 19.0. The maximum Gasteiger partial charge on any atom is 0.262 e. The fraction of sp³-hybridized carbons (Fsp3) is 0.316. The predicted octanol–water partition coefficient (Wildman–Crippen LogP) is 2.94. The molecule has 8 heteroatoms. The lowest BCUT2D eigenvalue weighted by Crippen LogP contribution is -2.24. The number of nitrogens with one attached hydrogen (secondary N) is 1. The summed E-state index contributed by atoms with van der Waals surface area (Å²) in [6.45, 7) is 2.55. The lowest BCUT2D eigenvalue weighted by molar-refractivity contribution is -0.117. The molecular weight excluding hydrogens is 368 g/mol. The van der Waals surface area contributed by atoms with Crippen molar-refractivity contribution in [3.63, 3.8) is 0 Å². The van der Waals surface area contributed by atoms with Crippen LogP contribution in [0.5, 0.6) is 11.5 Å². The van der Waals surface area contributed by atoms with E-state index in [-0.39, 0.29) is 10.8 Å². The monoisotopic (exact) mass is 390 g/mol. The summed E-state index contributed by atoms with van der Waals surface area (Å²) in [5, 5.41) is 0. The normalized spacial score (nSPS) is 14.3. The van der Waals surface area contributed by atoms with Gasteiger partial charge in [0.05, 0.1) is 19.1 Å². The van der Waals surface area contributed by atoms with Gasteiger partial charge in [0.25, 0.3) is 10.0 Å². The molecule has 1 amide bonds. The van der Waals surface area contributed by atoms with Crippen LogP contribution in [0.3, 0.4) is 0 Å². The Bertz CT molecular complexity index is 972. The molecule has 1 fully saturated rings. The predicted molar refractivity (Wildman–Crippen MR) is 103 cm³/mol. The second kappa shape index (κ2) is 7.48. The van der Waals surface area contributed by atoms with Crippen molar-refractivity contribution in [2.75, 3.05) is 30.4 Å². The molecule has 3 rings (SSSR count). The van der Waals surface area contributed by atoms with Crippen molar-refractivity contribution in [2.24, 2.45) is 0 Å². The summed E-state index contributed by atoms with van der Waals surface area (Å²) in [5.41, 5.74) is 2.07. The number of aryl methyl sites for hydroxylation is 1. The Morgan fingerprint density at radius 2 is 1.78 bits per heavy atom. The number of anilines is 2. The van der Waals surface area contributed by atoms with Gasteiger partial charge in [-0.25, -0.2) is 8.42 Å². The summed E-state index contributed by atoms with van der Waals surface area (Å²) in [7, 11) is -0.863. The van der Waals surface area contributed by atoms with Gasteiger partial charge in [-0.2, -0.15) is 0 Å². The highest BCUT2D eigenvalue weighted by Crippen LogP contribution is 2.31. The summed E-state index contributed by atoms with van der Waals surface area (Å²) in [4.78, 5) is 13.7. The van der Waals surface area contributed by atoms with Crippen LogP contribution in [0.1, 0.15) is 18.4 Å². The van der Waals surface area contributed by atoms with Crippen LogP contribution in [0.4, 0.5) is 11.4 Å². The second-order valence-electron chi connectivity index (χ2n) is 6.27. The van der Waals surface area contributed by atoms with Gasteiger partial charge in [-0.1, -0.05) is 0 Å². The molecular formula is C19H22N2O5S. The Kier molecular flexibility index (Phi) is 5.27. The molecule has 1 heterocycles. The van der Waals surface area contributed by atoms with E-state index in [1.54, 1.807) is 29.2 Å². The number of nitrogens with zero attached hydrogens (tertiary/aromatic N) is 1. The molecule has 1 saturated heterocycles. The SMILES string of the molecule is COc1ccc(S(=O)(=O)Nc2ccc(N3CCCC3=O)c(C)c2)cc1OC. The molecule has 1 N–H and O–H groups in total. The zero-order valence-corrected chi connectivity index (χ0v) is 16.3. The Morgan fingerprint density at radius 1 is 1.04 bits per heavy atom. The Hall–Kier alpha value is -2.74. The number of rotatable bonds is 6. The van der Waals surface area contributed by atoms with Crippen molar-refractivity contribution >= 4 is 27.3 Å². The standard InChI is InChI=1S/C19H22N2O5S/c1-13-11-14(6-8-16(13)21-10-4-5-19(21)22)20-27(23,24)15-7-9-17(25-2)18(12-15)26-3/h6-9,11-12,20H,4-5,10H2,1-3H3. The number of benzene rings is 2. The van der Waals surface area contributed by atoms with Crippen molar-refractivity contribution in [3.8, 4) is 11.5 Å². The largest absolute Gasteiger partial charge is 0.493 e. The second-order valence-corrected chi connectivity index (χ2v) is 7.95. The smallest absolute Gasteiger partial charge is 0.262 e. The minimum absolute atomic E-state index is 0.0663. The van der Waals surface area contributed by atoms with Crippen molar-refractivity contribution in [3.05, 3.63) is 42.0 Å². The molecule has 0 aliphatic carbocycles. The Labute approximate surface area is 158 Å². The van der Waals surface area contributed by atoms with Gasteiger partial charge in [-0.05, 0) is 49.2 Å². The van der Waals surface area contributed by atoms with Crippen LogP contribution in [0.2, 0.25) is 0 Å². The summed E-state index contributed by atoms with van der Waals surface area (Å²) < 4.78 is 38.3. The van der Waals surface area contributed by atoms with Gasteiger partial charge in [0.15, 0.2) is 11.5 Å². The van der Waals surface area contributed by atoms with Crippen LogP contribution in [0.25, 0.3) is 0 Å². The highest BCUT2D eigenvalue weighted by atomic mass is 32.2. The number of ether oxygens (including phenoxy) is 2. The highest BCUT2D eigenvalue weighted by molar-refractivity contribution is 7.92. The topological polar surface area (TPSA) is 84.9 Å². The first-order chi connectivity index (χ1) is 12.9. The third-order valence-electron chi connectivity index (χ3n) is 4.48. The number of carbonyl (C=O) groups is 1. The third kappa shape index (κ3) is 3.85. The van der Waals surface area contributed by atoms with E-state index in [9.17, 15) is 13.2 Å². The molecule has 0 aromatic heterocycles. The molecule has 0 radical (unpaired) electrons. The maximum atomic E-state index is 12.7. The lowest BCUT2D eigenvalue weighted by Gasteiger charge is -2.19. The van der Waals surface area contributed by atoms with Crippen molar-refractivity contribution in [2.45, 2.75) is 24.7 Å². The quantitative estimate of drug-likeness (QED) is 0.820. The molecule has 0 bridgehead atoms. The zero-order chi connectivity index (χ0) is 19.6. The molecule has 0 unspecified atom stereocenters. The van der Waals surface area contributed by atoms with E-state index in [1.165, 1.54) is 26.4 Å². The fourth-order valence-corrected chi connectivity index (χ4v) is 4.19. The summed E-state index contributed by atoms with van der Waals surface area (Å²) in [5.74, 6) is 0.878. The molecule has 0 saturated carbocycles. The van der Waals surface area contributed by atoms with E-state index in [1.807, 2.05) is 6.92 Å². The van der Waals surface area contributed by atoms with Crippen LogP contribution in [-0.2, 0) is 14.8 Å². The molecule has 27 heavy (non-hydrogen) atoms.